The molecule has 86 valence electrons. The molecular weight excluding hydrogens is 196 g/mol. The summed E-state index contributed by atoms with van der Waals surface area (Å²) in [5.74, 6) is 0.261. The summed E-state index contributed by atoms with van der Waals surface area (Å²) < 4.78 is 10.5. The van der Waals surface area contributed by atoms with Crippen LogP contribution in [0.3, 0.4) is 0 Å². The highest BCUT2D eigenvalue weighted by Crippen LogP contribution is 2.52. The minimum absolute atomic E-state index is 0.0119. The summed E-state index contributed by atoms with van der Waals surface area (Å²) in [7, 11) is 0. The molecule has 0 aromatic heterocycles. The van der Waals surface area contributed by atoms with Gasteiger partial charge in [0, 0.05) is 5.92 Å². The number of rotatable bonds is 2. The van der Waals surface area contributed by atoms with E-state index in [1.54, 1.807) is 0 Å². The molecule has 0 aromatic rings. The van der Waals surface area contributed by atoms with Crippen LogP contribution in [0.1, 0.15) is 40.0 Å². The van der Waals surface area contributed by atoms with Gasteiger partial charge in [-0.25, -0.2) is 4.79 Å². The van der Waals surface area contributed by atoms with E-state index in [0.29, 0.717) is 6.10 Å². The molecule has 0 spiro atoms. The van der Waals surface area contributed by atoms with Crippen LogP contribution in [0, 0.1) is 5.92 Å². The maximum absolute atomic E-state index is 10.6. The Kier molecular flexibility index (Phi) is 2.23. The largest absolute Gasteiger partial charge is 0.506 e. The van der Waals surface area contributed by atoms with Crippen LogP contribution < -0.4 is 0 Å². The summed E-state index contributed by atoms with van der Waals surface area (Å²) in [6.07, 6.45) is 2.12. The first-order chi connectivity index (χ1) is 6.83. The lowest BCUT2D eigenvalue weighted by Crippen LogP contribution is -2.41. The molecule has 3 atom stereocenters. The third-order valence-electron chi connectivity index (χ3n) is 3.80. The smallest absolute Gasteiger partial charge is 0.450 e. The Morgan fingerprint density at radius 1 is 1.53 bits per heavy atom. The molecule has 2 aliphatic rings. The van der Waals surface area contributed by atoms with Gasteiger partial charge in [0.2, 0.25) is 0 Å². The molecule has 4 heteroatoms. The second-order valence-electron chi connectivity index (χ2n) is 5.37. The number of hydrogen-bond donors (Lipinski definition) is 1. The molecule has 3 unspecified atom stereocenters. The molecule has 15 heavy (non-hydrogen) atoms. The maximum Gasteiger partial charge on any atom is 0.506 e. The Morgan fingerprint density at radius 2 is 2.20 bits per heavy atom. The summed E-state index contributed by atoms with van der Waals surface area (Å²) in [4.78, 5) is 10.6. The zero-order chi connectivity index (χ0) is 11.3. The summed E-state index contributed by atoms with van der Waals surface area (Å²) in [5, 5.41) is 8.67. The second-order valence-corrected chi connectivity index (χ2v) is 5.37. The standard InChI is InChI=1S/C11H18O4/c1-10(2,15-9(12)13)7-4-5-8-11(3,6-7)14-8/h7-8H,4-6H2,1-3H3,(H,12,13). The van der Waals surface area contributed by atoms with Crippen LogP contribution in [0.5, 0.6) is 0 Å². The average molecular weight is 214 g/mol. The van der Waals surface area contributed by atoms with Gasteiger partial charge in [-0.05, 0) is 40.0 Å². The highest BCUT2D eigenvalue weighted by Gasteiger charge is 2.58. The van der Waals surface area contributed by atoms with E-state index in [1.807, 2.05) is 13.8 Å². The van der Waals surface area contributed by atoms with Gasteiger partial charge in [0.25, 0.3) is 0 Å². The lowest BCUT2D eigenvalue weighted by Gasteiger charge is -2.36. The lowest BCUT2D eigenvalue weighted by atomic mass is 9.74. The van der Waals surface area contributed by atoms with Gasteiger partial charge in [-0.3, -0.25) is 0 Å². The molecule has 1 aliphatic carbocycles. The van der Waals surface area contributed by atoms with E-state index < -0.39 is 11.8 Å². The van der Waals surface area contributed by atoms with Gasteiger partial charge in [0.15, 0.2) is 0 Å². The molecule has 0 aromatic carbocycles. The first kappa shape index (κ1) is 10.7. The van der Waals surface area contributed by atoms with Crippen molar-refractivity contribution in [3.63, 3.8) is 0 Å². The highest BCUT2D eigenvalue weighted by molar-refractivity contribution is 5.57. The van der Waals surface area contributed by atoms with Crippen LogP contribution in [-0.2, 0) is 9.47 Å². The zero-order valence-corrected chi connectivity index (χ0v) is 9.45. The number of epoxide rings is 1. The number of fused-ring (bicyclic) bond motifs is 1. The van der Waals surface area contributed by atoms with Crippen molar-refractivity contribution in [2.75, 3.05) is 0 Å². The van der Waals surface area contributed by atoms with Crippen molar-refractivity contribution >= 4 is 6.16 Å². The Labute approximate surface area is 89.6 Å². The van der Waals surface area contributed by atoms with E-state index in [-0.39, 0.29) is 11.5 Å². The first-order valence-corrected chi connectivity index (χ1v) is 5.43. The third kappa shape index (κ3) is 1.95. The Balaban J connectivity index is 2.00. The number of hydrogen-bond acceptors (Lipinski definition) is 3. The number of ether oxygens (including phenoxy) is 2. The van der Waals surface area contributed by atoms with Gasteiger partial charge in [-0.1, -0.05) is 0 Å². The van der Waals surface area contributed by atoms with Crippen molar-refractivity contribution < 1.29 is 19.4 Å². The predicted octanol–water partition coefficient (Wildman–Crippen LogP) is 2.42. The molecule has 0 amide bonds. The van der Waals surface area contributed by atoms with E-state index in [9.17, 15) is 4.79 Å². The van der Waals surface area contributed by atoms with Crippen LogP contribution in [0.15, 0.2) is 0 Å². The fourth-order valence-corrected chi connectivity index (χ4v) is 2.68. The van der Waals surface area contributed by atoms with Gasteiger partial charge < -0.3 is 14.6 Å². The average Bonchev–Trinajstić information content (AvgIpc) is 2.72. The molecule has 4 nitrogen and oxygen atoms in total. The molecule has 1 heterocycles. The van der Waals surface area contributed by atoms with Crippen LogP contribution >= 0.6 is 0 Å². The van der Waals surface area contributed by atoms with Crippen LogP contribution in [0.4, 0.5) is 4.79 Å². The van der Waals surface area contributed by atoms with Crippen LogP contribution in [-0.4, -0.2) is 28.6 Å². The van der Waals surface area contributed by atoms with E-state index in [1.165, 1.54) is 0 Å². The van der Waals surface area contributed by atoms with Gasteiger partial charge in [0.1, 0.15) is 5.60 Å². The Morgan fingerprint density at radius 3 is 2.73 bits per heavy atom. The van der Waals surface area contributed by atoms with Crippen molar-refractivity contribution in [1.82, 2.24) is 0 Å². The summed E-state index contributed by atoms with van der Waals surface area (Å²) in [6.45, 7) is 5.79. The van der Waals surface area contributed by atoms with E-state index >= 15 is 0 Å². The molecular formula is C11H18O4. The van der Waals surface area contributed by atoms with Crippen LogP contribution in [0.25, 0.3) is 0 Å². The number of carbonyl (C=O) groups is 1. The first-order valence-electron chi connectivity index (χ1n) is 5.43. The Bertz CT molecular complexity index is 286. The minimum atomic E-state index is -1.19. The SMILES string of the molecule is CC(C)(OC(=O)O)C1CCC2OC2(C)C1. The summed E-state index contributed by atoms with van der Waals surface area (Å²) >= 11 is 0. The molecule has 2 rings (SSSR count). The van der Waals surface area contributed by atoms with E-state index in [2.05, 4.69) is 6.92 Å². The monoisotopic (exact) mass is 214 g/mol. The van der Waals surface area contributed by atoms with Crippen molar-refractivity contribution in [3.8, 4) is 0 Å². The fraction of sp³-hybridized carbons (Fsp3) is 0.909. The molecule has 1 saturated carbocycles. The topological polar surface area (TPSA) is 59.1 Å². The second kappa shape index (κ2) is 3.11. The maximum atomic E-state index is 10.6. The minimum Gasteiger partial charge on any atom is -0.450 e. The normalized spacial score (nSPS) is 39.4. The lowest BCUT2D eigenvalue weighted by molar-refractivity contribution is -0.0443. The molecule has 2 fully saturated rings. The van der Waals surface area contributed by atoms with E-state index in [0.717, 1.165) is 19.3 Å². The molecule has 1 aliphatic heterocycles. The van der Waals surface area contributed by atoms with Gasteiger partial charge >= 0.3 is 6.16 Å². The van der Waals surface area contributed by atoms with E-state index in [4.69, 9.17) is 14.6 Å². The number of carboxylic acid groups (broad SMARTS) is 1. The fourth-order valence-electron chi connectivity index (χ4n) is 2.68. The zero-order valence-electron chi connectivity index (χ0n) is 9.45. The molecule has 0 bridgehead atoms. The van der Waals surface area contributed by atoms with Gasteiger partial charge in [-0.15, -0.1) is 0 Å². The third-order valence-corrected chi connectivity index (χ3v) is 3.80. The van der Waals surface area contributed by atoms with Crippen molar-refractivity contribution in [3.05, 3.63) is 0 Å². The van der Waals surface area contributed by atoms with Gasteiger partial charge in [-0.2, -0.15) is 0 Å². The van der Waals surface area contributed by atoms with Crippen molar-refractivity contribution in [2.45, 2.75) is 57.3 Å². The molecule has 0 radical (unpaired) electrons. The van der Waals surface area contributed by atoms with Crippen molar-refractivity contribution in [2.24, 2.45) is 5.92 Å². The predicted molar refractivity (Wildman–Crippen MR) is 53.8 cm³/mol. The van der Waals surface area contributed by atoms with Crippen molar-refractivity contribution in [1.29, 1.82) is 0 Å². The molecule has 1 N–H and O–H groups in total. The van der Waals surface area contributed by atoms with Crippen LogP contribution in [0.2, 0.25) is 0 Å². The quantitative estimate of drug-likeness (QED) is 0.566. The summed E-state index contributed by atoms with van der Waals surface area (Å²) in [5.41, 5.74) is -0.617. The van der Waals surface area contributed by atoms with Gasteiger partial charge in [0.05, 0.1) is 11.7 Å². The Hall–Kier alpha value is -0.770. The summed E-state index contributed by atoms with van der Waals surface area (Å²) in [6, 6.07) is 0. The molecule has 1 saturated heterocycles. The highest BCUT2D eigenvalue weighted by atomic mass is 16.7.